The number of methoxy groups -OCH3 is 1. The molecule has 0 amide bonds. The Bertz CT molecular complexity index is 2100. The number of nitrogens with zero attached hydrogens (tertiary/aromatic N) is 3. The first kappa shape index (κ1) is 24.0. The van der Waals surface area contributed by atoms with Crippen molar-refractivity contribution in [2.75, 3.05) is 7.11 Å². The molecule has 5 heteroatoms. The predicted molar refractivity (Wildman–Crippen MR) is 161 cm³/mol. The van der Waals surface area contributed by atoms with Gasteiger partial charge in [0, 0.05) is 19.7 Å². The number of ether oxygens (including phenoxy) is 1. The van der Waals surface area contributed by atoms with Crippen molar-refractivity contribution in [2.45, 2.75) is 56.8 Å². The van der Waals surface area contributed by atoms with Crippen LogP contribution in [0.25, 0.3) is 54.7 Å². The standard InChI is InChI=1S/C35H34N3O2/c1-32(2,3)23-13-14-24-22(16-23)12-15-26-28(24)30-31-29(36-19-38(30)34(5)33(26,4)35(34,39)40-7)25-17-20-10-8-9-11-21(20)18-27(25)37(31)6/h8-19,39H,1-7H3/q+1. The summed E-state index contributed by atoms with van der Waals surface area (Å²) in [6.45, 7) is 11.0. The molecule has 3 unspecified atom stereocenters. The minimum absolute atomic E-state index is 0.0448. The molecule has 1 aliphatic heterocycles. The summed E-state index contributed by atoms with van der Waals surface area (Å²) in [7, 11) is 3.75. The van der Waals surface area contributed by atoms with Gasteiger partial charge in [0.2, 0.25) is 11.3 Å². The van der Waals surface area contributed by atoms with Crippen molar-refractivity contribution in [3.05, 3.63) is 84.2 Å². The van der Waals surface area contributed by atoms with E-state index in [-0.39, 0.29) is 5.41 Å². The Hall–Kier alpha value is -3.80. The summed E-state index contributed by atoms with van der Waals surface area (Å²) in [5.41, 5.74) is 6.48. The Morgan fingerprint density at radius 1 is 0.900 bits per heavy atom. The Labute approximate surface area is 233 Å². The van der Waals surface area contributed by atoms with Gasteiger partial charge in [0.15, 0.2) is 11.2 Å². The molecule has 0 spiro atoms. The minimum atomic E-state index is -1.38. The molecular formula is C35H34N3O2+. The van der Waals surface area contributed by atoms with Crippen LogP contribution < -0.4 is 4.57 Å². The highest BCUT2D eigenvalue weighted by Gasteiger charge is 2.91. The van der Waals surface area contributed by atoms with Crippen LogP contribution in [0, 0.1) is 0 Å². The van der Waals surface area contributed by atoms with E-state index in [0.29, 0.717) is 0 Å². The van der Waals surface area contributed by atoms with E-state index in [0.717, 1.165) is 38.8 Å². The van der Waals surface area contributed by atoms with Crippen molar-refractivity contribution in [2.24, 2.45) is 7.05 Å². The van der Waals surface area contributed by atoms with Crippen molar-refractivity contribution >= 4 is 43.5 Å². The van der Waals surface area contributed by atoms with Crippen LogP contribution in [-0.2, 0) is 28.2 Å². The Morgan fingerprint density at radius 2 is 1.62 bits per heavy atom. The Morgan fingerprint density at radius 3 is 2.33 bits per heavy atom. The zero-order chi connectivity index (χ0) is 28.0. The van der Waals surface area contributed by atoms with Crippen LogP contribution in [0.1, 0.15) is 45.7 Å². The summed E-state index contributed by atoms with van der Waals surface area (Å²) >= 11 is 0. The second kappa shape index (κ2) is 7.09. The van der Waals surface area contributed by atoms with Crippen LogP contribution in [0.4, 0.5) is 0 Å². The summed E-state index contributed by atoms with van der Waals surface area (Å²) in [5, 5.41) is 18.0. The lowest BCUT2D eigenvalue weighted by molar-refractivity contribution is -0.743. The zero-order valence-electron chi connectivity index (χ0n) is 24.1. The third kappa shape index (κ3) is 2.44. The van der Waals surface area contributed by atoms with Gasteiger partial charge in [-0.2, -0.15) is 0 Å². The molecule has 1 saturated carbocycles. The van der Waals surface area contributed by atoms with E-state index in [9.17, 15) is 5.11 Å². The average molecular weight is 529 g/mol. The zero-order valence-corrected chi connectivity index (χ0v) is 24.1. The molecule has 2 aromatic heterocycles. The van der Waals surface area contributed by atoms with Crippen LogP contribution >= 0.6 is 0 Å². The number of benzene rings is 4. The molecule has 1 aliphatic carbocycles. The smallest absolute Gasteiger partial charge is 0.288 e. The molecule has 0 saturated heterocycles. The molecule has 0 bridgehead atoms. The third-order valence-corrected chi connectivity index (χ3v) is 10.5. The lowest BCUT2D eigenvalue weighted by Crippen LogP contribution is -2.55. The van der Waals surface area contributed by atoms with Crippen molar-refractivity contribution < 1.29 is 14.4 Å². The van der Waals surface area contributed by atoms with Crippen LogP contribution in [0.15, 0.2) is 73.1 Å². The topological polar surface area (TPSA) is 51.2 Å². The van der Waals surface area contributed by atoms with Gasteiger partial charge in [-0.3, -0.25) is 0 Å². The Kier molecular flexibility index (Phi) is 4.26. The molecule has 3 atom stereocenters. The predicted octanol–water partition coefficient (Wildman–Crippen LogP) is 6.62. The molecule has 5 nitrogen and oxygen atoms in total. The molecule has 6 aromatic rings. The van der Waals surface area contributed by atoms with Gasteiger partial charge in [0.05, 0.1) is 10.9 Å². The van der Waals surface area contributed by atoms with E-state index >= 15 is 0 Å². The highest BCUT2D eigenvalue weighted by atomic mass is 16.6. The van der Waals surface area contributed by atoms with Gasteiger partial charge in [0.25, 0.3) is 6.33 Å². The molecule has 8 rings (SSSR count). The number of aromatic nitrogens is 3. The molecule has 3 heterocycles. The SMILES string of the molecule is COC1(O)C2(C)c3ccc4cc(C(C)(C)C)ccc4c3-c3c4c(nc[n+]3C12C)c1cc2ccccc2cc1n4C. The van der Waals surface area contributed by atoms with Crippen LogP contribution in [0.3, 0.4) is 0 Å². The highest BCUT2D eigenvalue weighted by Crippen LogP contribution is 2.71. The van der Waals surface area contributed by atoms with Gasteiger partial charge in [-0.25, -0.2) is 4.57 Å². The van der Waals surface area contributed by atoms with Crippen LogP contribution in [0.5, 0.6) is 0 Å². The second-order valence-electron chi connectivity index (χ2n) is 13.2. The second-order valence-corrected chi connectivity index (χ2v) is 13.2. The van der Waals surface area contributed by atoms with Crippen molar-refractivity contribution in [3.63, 3.8) is 0 Å². The normalized spacial score (nSPS) is 25.4. The largest absolute Gasteiger partial charge is 0.361 e. The first-order valence-corrected chi connectivity index (χ1v) is 14.0. The maximum atomic E-state index is 12.1. The van der Waals surface area contributed by atoms with E-state index in [1.54, 1.807) is 7.11 Å². The number of rotatable bonds is 1. The number of aryl methyl sites for hydroxylation is 1. The molecule has 1 fully saturated rings. The first-order valence-electron chi connectivity index (χ1n) is 14.0. The van der Waals surface area contributed by atoms with Crippen molar-refractivity contribution in [3.8, 4) is 11.3 Å². The fourth-order valence-electron chi connectivity index (χ4n) is 7.91. The summed E-state index contributed by atoms with van der Waals surface area (Å²) in [6, 6.07) is 24.3. The van der Waals surface area contributed by atoms with E-state index in [1.165, 1.54) is 27.1 Å². The minimum Gasteiger partial charge on any atom is -0.361 e. The van der Waals surface area contributed by atoms with Crippen LogP contribution in [-0.4, -0.2) is 27.6 Å². The molecular weight excluding hydrogens is 494 g/mol. The maximum Gasteiger partial charge on any atom is 0.288 e. The average Bonchev–Trinajstić information content (AvgIpc) is 3.20. The summed E-state index contributed by atoms with van der Waals surface area (Å²) in [5.74, 6) is -1.38. The maximum absolute atomic E-state index is 12.1. The molecule has 40 heavy (non-hydrogen) atoms. The van der Waals surface area contributed by atoms with Gasteiger partial charge in [-0.05, 0) is 69.1 Å². The summed E-state index contributed by atoms with van der Waals surface area (Å²) in [6.07, 6.45) is 1.92. The van der Waals surface area contributed by atoms with Gasteiger partial charge in [-0.15, -0.1) is 0 Å². The lowest BCUT2D eigenvalue weighted by atomic mass is 9.80. The number of fused-ring (bicyclic) bond motifs is 13. The van der Waals surface area contributed by atoms with Crippen molar-refractivity contribution in [1.82, 2.24) is 9.55 Å². The van der Waals surface area contributed by atoms with E-state index in [2.05, 4.69) is 118 Å². The highest BCUT2D eigenvalue weighted by molar-refractivity contribution is 6.15. The summed E-state index contributed by atoms with van der Waals surface area (Å²) in [4.78, 5) is 5.08. The monoisotopic (exact) mass is 528 g/mol. The number of aliphatic hydroxyl groups is 1. The van der Waals surface area contributed by atoms with Crippen LogP contribution in [0.2, 0.25) is 0 Å². The van der Waals surface area contributed by atoms with Gasteiger partial charge in [0.1, 0.15) is 10.9 Å². The van der Waals surface area contributed by atoms with E-state index in [1.807, 2.05) is 6.33 Å². The fraction of sp³-hybridized carbons (Fsp3) is 0.314. The number of hydrogen-bond acceptors (Lipinski definition) is 3. The van der Waals surface area contributed by atoms with E-state index < -0.39 is 16.7 Å². The summed E-state index contributed by atoms with van der Waals surface area (Å²) < 4.78 is 10.4. The molecule has 1 N–H and O–H groups in total. The van der Waals surface area contributed by atoms with E-state index in [4.69, 9.17) is 9.72 Å². The molecule has 2 aliphatic rings. The quantitative estimate of drug-likeness (QED) is 0.193. The fourth-order valence-corrected chi connectivity index (χ4v) is 7.91. The molecule has 0 radical (unpaired) electrons. The molecule has 4 aromatic carbocycles. The Balaban J connectivity index is 1.57. The number of hydrogen-bond donors (Lipinski definition) is 1. The van der Waals surface area contributed by atoms with Gasteiger partial charge >= 0.3 is 0 Å². The van der Waals surface area contributed by atoms with Crippen molar-refractivity contribution in [1.29, 1.82) is 0 Å². The molecule has 200 valence electrons. The first-order chi connectivity index (χ1) is 19.0. The van der Waals surface area contributed by atoms with Gasteiger partial charge < -0.3 is 14.4 Å². The van der Waals surface area contributed by atoms with Gasteiger partial charge in [-0.1, -0.05) is 75.4 Å². The lowest BCUT2D eigenvalue weighted by Gasteiger charge is -2.28. The third-order valence-electron chi connectivity index (χ3n) is 10.5.